The average molecular weight is 516 g/mol. The number of rotatable bonds is 9. The van der Waals surface area contributed by atoms with Crippen molar-refractivity contribution >= 4 is 35.6 Å². The molecule has 0 aliphatic rings. The van der Waals surface area contributed by atoms with E-state index in [1.54, 1.807) is 7.05 Å². The van der Waals surface area contributed by atoms with E-state index in [2.05, 4.69) is 34.6 Å². The van der Waals surface area contributed by atoms with Crippen LogP contribution >= 0.6 is 24.0 Å². The quantitative estimate of drug-likeness (QED) is 0.174. The first-order chi connectivity index (χ1) is 13.4. The maximum atomic E-state index is 10.7. The standard InChI is InChI=1S/C19H28N6O3.HI/c1-14(2)13-28-18-7-5-16(6-8-18)15(3)23-19(20-4)21-9-10-24-12-17(11-22-24)25(26)27;/h5-8,11-12,14-15H,9-10,13H2,1-4H3,(H2,20,21,23);1H. The minimum absolute atomic E-state index is 0. The van der Waals surface area contributed by atoms with Gasteiger partial charge in [0.15, 0.2) is 5.96 Å². The molecule has 10 heteroatoms. The zero-order chi connectivity index (χ0) is 20.5. The molecule has 0 bridgehead atoms. The normalized spacial score (nSPS) is 12.2. The molecule has 1 aromatic heterocycles. The van der Waals surface area contributed by atoms with Gasteiger partial charge in [0.25, 0.3) is 0 Å². The Bertz CT molecular complexity index is 791. The number of hydrogen-bond acceptors (Lipinski definition) is 5. The number of nitrogens with one attached hydrogen (secondary N) is 2. The molecule has 0 amide bonds. The number of benzene rings is 1. The van der Waals surface area contributed by atoms with E-state index in [0.717, 1.165) is 11.3 Å². The molecule has 0 aliphatic heterocycles. The van der Waals surface area contributed by atoms with Crippen molar-refractivity contribution in [1.29, 1.82) is 0 Å². The van der Waals surface area contributed by atoms with E-state index < -0.39 is 4.92 Å². The maximum absolute atomic E-state index is 10.7. The van der Waals surface area contributed by atoms with E-state index in [4.69, 9.17) is 4.74 Å². The fourth-order valence-electron chi connectivity index (χ4n) is 2.46. The monoisotopic (exact) mass is 516 g/mol. The summed E-state index contributed by atoms with van der Waals surface area (Å²) in [5.41, 5.74) is 1.10. The molecule has 29 heavy (non-hydrogen) atoms. The summed E-state index contributed by atoms with van der Waals surface area (Å²) in [5.74, 6) is 2.00. The van der Waals surface area contributed by atoms with Crippen LogP contribution in [0.5, 0.6) is 5.75 Å². The number of guanidine groups is 1. The smallest absolute Gasteiger partial charge is 0.306 e. The molecule has 0 saturated carbocycles. The van der Waals surface area contributed by atoms with Crippen molar-refractivity contribution in [3.05, 3.63) is 52.3 Å². The van der Waals surface area contributed by atoms with Gasteiger partial charge in [-0.15, -0.1) is 24.0 Å². The minimum Gasteiger partial charge on any atom is -0.493 e. The van der Waals surface area contributed by atoms with Crippen LogP contribution in [-0.4, -0.2) is 40.9 Å². The van der Waals surface area contributed by atoms with Crippen molar-refractivity contribution in [2.45, 2.75) is 33.4 Å². The Morgan fingerprint density at radius 1 is 1.31 bits per heavy atom. The zero-order valence-electron chi connectivity index (χ0n) is 17.2. The topological polar surface area (TPSA) is 107 Å². The largest absolute Gasteiger partial charge is 0.493 e. The van der Waals surface area contributed by atoms with Crippen LogP contribution in [0.2, 0.25) is 0 Å². The van der Waals surface area contributed by atoms with Gasteiger partial charge in [0.05, 0.1) is 24.1 Å². The molecule has 9 nitrogen and oxygen atoms in total. The van der Waals surface area contributed by atoms with Crippen molar-refractivity contribution in [3.63, 3.8) is 0 Å². The van der Waals surface area contributed by atoms with Crippen molar-refractivity contribution in [2.75, 3.05) is 20.2 Å². The van der Waals surface area contributed by atoms with Gasteiger partial charge in [0.1, 0.15) is 18.1 Å². The van der Waals surface area contributed by atoms with Crippen LogP contribution in [-0.2, 0) is 6.54 Å². The molecule has 1 heterocycles. The lowest BCUT2D eigenvalue weighted by Crippen LogP contribution is -2.40. The first kappa shape index (κ1) is 24.7. The summed E-state index contributed by atoms with van der Waals surface area (Å²) in [6.45, 7) is 8.01. The molecule has 0 saturated heterocycles. The Labute approximate surface area is 188 Å². The van der Waals surface area contributed by atoms with Gasteiger partial charge in [-0.05, 0) is 30.5 Å². The lowest BCUT2D eigenvalue weighted by atomic mass is 10.1. The molecule has 1 aromatic carbocycles. The maximum Gasteiger partial charge on any atom is 0.306 e. The van der Waals surface area contributed by atoms with E-state index in [1.165, 1.54) is 17.1 Å². The van der Waals surface area contributed by atoms with Gasteiger partial charge in [-0.3, -0.25) is 19.8 Å². The highest BCUT2D eigenvalue weighted by Gasteiger charge is 2.10. The lowest BCUT2D eigenvalue weighted by Gasteiger charge is -2.19. The van der Waals surface area contributed by atoms with Gasteiger partial charge >= 0.3 is 5.69 Å². The summed E-state index contributed by atoms with van der Waals surface area (Å²) in [6, 6.07) is 8.05. The Kier molecular flexibility index (Phi) is 10.4. The Morgan fingerprint density at radius 3 is 2.55 bits per heavy atom. The molecular weight excluding hydrogens is 487 g/mol. The number of nitrogens with zero attached hydrogens (tertiary/aromatic N) is 4. The van der Waals surface area contributed by atoms with Gasteiger partial charge in [0, 0.05) is 13.6 Å². The third-order valence-electron chi connectivity index (χ3n) is 4.00. The van der Waals surface area contributed by atoms with E-state index in [-0.39, 0.29) is 35.7 Å². The van der Waals surface area contributed by atoms with E-state index in [1.807, 2.05) is 31.2 Å². The molecule has 2 rings (SSSR count). The third kappa shape index (κ3) is 8.26. The van der Waals surface area contributed by atoms with Gasteiger partial charge in [-0.25, -0.2) is 0 Å². The molecule has 0 radical (unpaired) electrons. The van der Waals surface area contributed by atoms with Crippen molar-refractivity contribution < 1.29 is 9.66 Å². The number of aliphatic imine (C=N–C) groups is 1. The molecule has 0 aliphatic carbocycles. The molecule has 160 valence electrons. The summed E-state index contributed by atoms with van der Waals surface area (Å²) >= 11 is 0. The second kappa shape index (κ2) is 12.2. The first-order valence-corrected chi connectivity index (χ1v) is 9.25. The van der Waals surface area contributed by atoms with Crippen LogP contribution in [0.1, 0.15) is 32.4 Å². The van der Waals surface area contributed by atoms with E-state index in [0.29, 0.717) is 31.6 Å². The summed E-state index contributed by atoms with van der Waals surface area (Å²) in [4.78, 5) is 14.4. The number of hydrogen-bond donors (Lipinski definition) is 2. The lowest BCUT2D eigenvalue weighted by molar-refractivity contribution is -0.385. The van der Waals surface area contributed by atoms with Crippen LogP contribution < -0.4 is 15.4 Å². The third-order valence-corrected chi connectivity index (χ3v) is 4.00. The van der Waals surface area contributed by atoms with Crippen LogP contribution in [0.4, 0.5) is 5.69 Å². The molecule has 1 atom stereocenters. The van der Waals surface area contributed by atoms with Crippen LogP contribution in [0.25, 0.3) is 0 Å². The fraction of sp³-hybridized carbons (Fsp3) is 0.474. The molecule has 2 N–H and O–H groups in total. The summed E-state index contributed by atoms with van der Waals surface area (Å²) in [7, 11) is 1.70. The van der Waals surface area contributed by atoms with Gasteiger partial charge < -0.3 is 15.4 Å². The molecule has 2 aromatic rings. The average Bonchev–Trinajstić information content (AvgIpc) is 3.15. The van der Waals surface area contributed by atoms with E-state index in [9.17, 15) is 10.1 Å². The Morgan fingerprint density at radius 2 is 2.00 bits per heavy atom. The predicted octanol–water partition coefficient (Wildman–Crippen LogP) is 3.37. The number of nitro groups is 1. The van der Waals surface area contributed by atoms with Gasteiger partial charge in [-0.1, -0.05) is 26.0 Å². The zero-order valence-corrected chi connectivity index (χ0v) is 19.5. The Balaban J connectivity index is 0.00000420. The summed E-state index contributed by atoms with van der Waals surface area (Å²) in [6.07, 6.45) is 2.65. The predicted molar refractivity (Wildman–Crippen MR) is 124 cm³/mol. The van der Waals surface area contributed by atoms with Gasteiger partial charge in [-0.2, -0.15) is 5.10 Å². The van der Waals surface area contributed by atoms with E-state index >= 15 is 0 Å². The highest BCUT2D eigenvalue weighted by molar-refractivity contribution is 14.0. The van der Waals surface area contributed by atoms with Crippen molar-refractivity contribution in [1.82, 2.24) is 20.4 Å². The number of ether oxygens (including phenoxy) is 1. The minimum atomic E-state index is -0.460. The second-order valence-corrected chi connectivity index (χ2v) is 6.86. The van der Waals surface area contributed by atoms with Crippen molar-refractivity contribution in [3.8, 4) is 5.75 Å². The summed E-state index contributed by atoms with van der Waals surface area (Å²) in [5, 5.41) is 21.2. The molecule has 0 spiro atoms. The van der Waals surface area contributed by atoms with Crippen molar-refractivity contribution in [2.24, 2.45) is 10.9 Å². The van der Waals surface area contributed by atoms with Crippen LogP contribution in [0.3, 0.4) is 0 Å². The first-order valence-electron chi connectivity index (χ1n) is 9.25. The van der Waals surface area contributed by atoms with Crippen LogP contribution in [0.15, 0.2) is 41.7 Å². The van der Waals surface area contributed by atoms with Crippen LogP contribution in [0, 0.1) is 16.0 Å². The Hall–Kier alpha value is -2.37. The summed E-state index contributed by atoms with van der Waals surface area (Å²) < 4.78 is 7.23. The van der Waals surface area contributed by atoms with Gasteiger partial charge in [0.2, 0.25) is 0 Å². The molecule has 1 unspecified atom stereocenters. The second-order valence-electron chi connectivity index (χ2n) is 6.86. The fourth-order valence-corrected chi connectivity index (χ4v) is 2.46. The number of aromatic nitrogens is 2. The highest BCUT2D eigenvalue weighted by atomic mass is 127. The molecule has 0 fully saturated rings. The molecular formula is C19H29IN6O3. The number of halogens is 1. The SMILES string of the molecule is CN=C(NCCn1cc([N+](=O)[O-])cn1)NC(C)c1ccc(OCC(C)C)cc1.I. The highest BCUT2D eigenvalue weighted by Crippen LogP contribution is 2.18.